The molecule has 0 saturated heterocycles. The van der Waals surface area contributed by atoms with Crippen LogP contribution in [0.4, 0.5) is 0 Å². The van der Waals surface area contributed by atoms with Crippen LogP contribution in [0.5, 0.6) is 0 Å². The third-order valence-electron chi connectivity index (χ3n) is 0.989. The highest BCUT2D eigenvalue weighted by Crippen LogP contribution is 2.02. The van der Waals surface area contributed by atoms with E-state index in [0.717, 1.165) is 0 Å². The third kappa shape index (κ3) is 1.06. The maximum Gasteiger partial charge on any atom is 0.184 e. The van der Waals surface area contributed by atoms with Gasteiger partial charge in [-0.3, -0.25) is 0 Å². The molecule has 0 aromatic heterocycles. The molecule has 46 valence electrons. The van der Waals surface area contributed by atoms with E-state index in [4.69, 9.17) is 10.2 Å². The molecule has 8 heavy (non-hydrogen) atoms. The fourth-order valence-corrected chi connectivity index (χ4v) is 0.543. The van der Waals surface area contributed by atoms with E-state index < -0.39 is 12.4 Å². The van der Waals surface area contributed by atoms with Crippen molar-refractivity contribution in [2.45, 2.75) is 12.4 Å². The molecule has 2 atom stereocenters. The summed E-state index contributed by atoms with van der Waals surface area (Å²) < 4.78 is 4.61. The molecule has 0 aromatic rings. The SMILES string of the molecule is OC1C=CCOC1O. The minimum absolute atomic E-state index is 0.387. The Morgan fingerprint density at radius 3 is 2.62 bits per heavy atom. The predicted molar refractivity (Wildman–Crippen MR) is 27.1 cm³/mol. The van der Waals surface area contributed by atoms with Gasteiger partial charge in [0.1, 0.15) is 6.10 Å². The van der Waals surface area contributed by atoms with Crippen LogP contribution >= 0.6 is 0 Å². The fraction of sp³-hybridized carbons (Fsp3) is 0.600. The first-order chi connectivity index (χ1) is 3.80. The van der Waals surface area contributed by atoms with E-state index in [1.165, 1.54) is 6.08 Å². The van der Waals surface area contributed by atoms with Gasteiger partial charge in [-0.25, -0.2) is 0 Å². The maximum absolute atomic E-state index is 8.72. The van der Waals surface area contributed by atoms with Crippen molar-refractivity contribution in [2.24, 2.45) is 0 Å². The molecule has 3 nitrogen and oxygen atoms in total. The van der Waals surface area contributed by atoms with Crippen molar-refractivity contribution in [3.05, 3.63) is 12.2 Å². The standard InChI is InChI=1S/C5H8O3/c6-4-2-1-3-8-5(4)7/h1-2,4-7H,3H2. The Balaban J connectivity index is 2.47. The van der Waals surface area contributed by atoms with E-state index >= 15 is 0 Å². The summed E-state index contributed by atoms with van der Waals surface area (Å²) in [6.07, 6.45) is 1.30. The molecular formula is C5H8O3. The first kappa shape index (κ1) is 5.75. The maximum atomic E-state index is 8.72. The Labute approximate surface area is 47.2 Å². The summed E-state index contributed by atoms with van der Waals surface area (Å²) in [4.78, 5) is 0. The van der Waals surface area contributed by atoms with E-state index in [0.29, 0.717) is 6.61 Å². The van der Waals surface area contributed by atoms with Gasteiger partial charge in [0.2, 0.25) is 0 Å². The van der Waals surface area contributed by atoms with Gasteiger partial charge in [-0.05, 0) is 0 Å². The zero-order valence-electron chi connectivity index (χ0n) is 4.32. The molecule has 0 aromatic carbocycles. The first-order valence-corrected chi connectivity index (χ1v) is 2.45. The second kappa shape index (κ2) is 2.26. The minimum atomic E-state index is -1.03. The van der Waals surface area contributed by atoms with Crippen molar-refractivity contribution in [1.29, 1.82) is 0 Å². The number of hydrogen-bond donors (Lipinski definition) is 2. The molecule has 0 spiro atoms. The van der Waals surface area contributed by atoms with Crippen molar-refractivity contribution in [1.82, 2.24) is 0 Å². The number of aliphatic hydroxyl groups excluding tert-OH is 2. The Morgan fingerprint density at radius 2 is 2.25 bits per heavy atom. The number of hydrogen-bond acceptors (Lipinski definition) is 3. The zero-order chi connectivity index (χ0) is 5.98. The summed E-state index contributed by atoms with van der Waals surface area (Å²) in [7, 11) is 0. The molecule has 0 bridgehead atoms. The highest BCUT2D eigenvalue weighted by atomic mass is 16.6. The topological polar surface area (TPSA) is 49.7 Å². The summed E-state index contributed by atoms with van der Waals surface area (Å²) in [6, 6.07) is 0. The lowest BCUT2D eigenvalue weighted by Crippen LogP contribution is -2.29. The Morgan fingerprint density at radius 1 is 1.50 bits per heavy atom. The van der Waals surface area contributed by atoms with Gasteiger partial charge in [0.25, 0.3) is 0 Å². The summed E-state index contributed by atoms with van der Waals surface area (Å²) in [5.74, 6) is 0. The Hall–Kier alpha value is -0.380. The average Bonchev–Trinajstić information content (AvgIpc) is 1.77. The smallest absolute Gasteiger partial charge is 0.184 e. The van der Waals surface area contributed by atoms with Crippen LogP contribution in [-0.2, 0) is 4.74 Å². The molecule has 0 fully saturated rings. The summed E-state index contributed by atoms with van der Waals surface area (Å²) >= 11 is 0. The molecule has 2 N–H and O–H groups in total. The Bertz CT molecular complexity index is 99.8. The molecule has 1 aliphatic rings. The molecule has 0 aliphatic carbocycles. The van der Waals surface area contributed by atoms with E-state index in [1.54, 1.807) is 6.08 Å². The number of rotatable bonds is 0. The van der Waals surface area contributed by atoms with Crippen LogP contribution in [0, 0.1) is 0 Å². The second-order valence-electron chi connectivity index (χ2n) is 1.64. The lowest BCUT2D eigenvalue weighted by molar-refractivity contribution is -0.146. The van der Waals surface area contributed by atoms with Crippen molar-refractivity contribution in [3.8, 4) is 0 Å². The summed E-state index contributed by atoms with van der Waals surface area (Å²) in [6.45, 7) is 0.387. The number of ether oxygens (including phenoxy) is 1. The van der Waals surface area contributed by atoms with Crippen LogP contribution in [0.25, 0.3) is 0 Å². The quantitative estimate of drug-likeness (QED) is 0.409. The average molecular weight is 116 g/mol. The van der Waals surface area contributed by atoms with Crippen LogP contribution in [0.3, 0.4) is 0 Å². The van der Waals surface area contributed by atoms with Gasteiger partial charge in [0.15, 0.2) is 6.29 Å². The third-order valence-corrected chi connectivity index (χ3v) is 0.989. The van der Waals surface area contributed by atoms with E-state index in [1.807, 2.05) is 0 Å². The monoisotopic (exact) mass is 116 g/mol. The molecule has 2 unspecified atom stereocenters. The van der Waals surface area contributed by atoms with Crippen molar-refractivity contribution < 1.29 is 14.9 Å². The van der Waals surface area contributed by atoms with Crippen LogP contribution in [-0.4, -0.2) is 29.2 Å². The largest absolute Gasteiger partial charge is 0.384 e. The van der Waals surface area contributed by atoms with Crippen molar-refractivity contribution in [2.75, 3.05) is 6.61 Å². The van der Waals surface area contributed by atoms with Crippen LogP contribution in [0.1, 0.15) is 0 Å². The fourth-order valence-electron chi connectivity index (χ4n) is 0.543. The molecule has 1 rings (SSSR count). The van der Waals surface area contributed by atoms with Crippen molar-refractivity contribution >= 4 is 0 Å². The van der Waals surface area contributed by atoms with Gasteiger partial charge >= 0.3 is 0 Å². The van der Waals surface area contributed by atoms with E-state index in [-0.39, 0.29) is 0 Å². The molecule has 0 radical (unpaired) electrons. The molecule has 1 aliphatic heterocycles. The van der Waals surface area contributed by atoms with Gasteiger partial charge < -0.3 is 14.9 Å². The second-order valence-corrected chi connectivity index (χ2v) is 1.64. The van der Waals surface area contributed by atoms with E-state index in [2.05, 4.69) is 4.74 Å². The molecule has 1 heterocycles. The Kier molecular flexibility index (Phi) is 1.62. The minimum Gasteiger partial charge on any atom is -0.384 e. The van der Waals surface area contributed by atoms with Gasteiger partial charge in [0, 0.05) is 0 Å². The van der Waals surface area contributed by atoms with Gasteiger partial charge in [0.05, 0.1) is 6.61 Å². The highest BCUT2D eigenvalue weighted by molar-refractivity contribution is 4.93. The summed E-state index contributed by atoms with van der Waals surface area (Å²) in [5.41, 5.74) is 0. The first-order valence-electron chi connectivity index (χ1n) is 2.45. The molecular weight excluding hydrogens is 108 g/mol. The predicted octanol–water partition coefficient (Wildman–Crippen LogP) is -0.748. The lowest BCUT2D eigenvalue weighted by atomic mass is 10.3. The van der Waals surface area contributed by atoms with Crippen LogP contribution < -0.4 is 0 Å². The summed E-state index contributed by atoms with van der Waals surface area (Å²) in [5, 5.41) is 17.4. The van der Waals surface area contributed by atoms with Gasteiger partial charge in [-0.2, -0.15) is 0 Å². The zero-order valence-corrected chi connectivity index (χ0v) is 4.32. The van der Waals surface area contributed by atoms with Gasteiger partial charge in [-0.15, -0.1) is 0 Å². The lowest BCUT2D eigenvalue weighted by Gasteiger charge is -2.17. The molecule has 3 heteroatoms. The van der Waals surface area contributed by atoms with Crippen LogP contribution in [0.15, 0.2) is 12.2 Å². The number of aliphatic hydroxyl groups is 2. The van der Waals surface area contributed by atoms with E-state index in [9.17, 15) is 0 Å². The highest BCUT2D eigenvalue weighted by Gasteiger charge is 2.15. The van der Waals surface area contributed by atoms with Crippen LogP contribution in [0.2, 0.25) is 0 Å². The molecule has 0 amide bonds. The normalized spacial score (nSPS) is 37.8. The van der Waals surface area contributed by atoms with Crippen molar-refractivity contribution in [3.63, 3.8) is 0 Å². The van der Waals surface area contributed by atoms with Gasteiger partial charge in [-0.1, -0.05) is 12.2 Å². The molecule has 0 saturated carbocycles.